The van der Waals surface area contributed by atoms with E-state index in [-0.39, 0.29) is 17.6 Å². The lowest BCUT2D eigenvalue weighted by atomic mass is 9.93. The van der Waals surface area contributed by atoms with Crippen molar-refractivity contribution in [1.82, 2.24) is 0 Å². The first-order valence-electron chi connectivity index (χ1n) is 14.0. The molecule has 0 spiro atoms. The zero-order valence-corrected chi connectivity index (χ0v) is 27.3. The summed E-state index contributed by atoms with van der Waals surface area (Å²) in [5, 5.41) is 4.23. The summed E-state index contributed by atoms with van der Waals surface area (Å²) < 4.78 is 21.4. The van der Waals surface area contributed by atoms with Gasteiger partial charge in [-0.25, -0.2) is 9.38 Å². The fraction of sp³-hybridized carbons (Fsp3) is 0.303. The number of halogens is 3. The highest BCUT2D eigenvalue weighted by molar-refractivity contribution is 6.99. The Kier molecular flexibility index (Phi) is 9.66. The smallest absolute Gasteiger partial charge is 0.268 e. The number of amides is 2. The molecule has 4 rings (SSSR count). The SMILES string of the molecule is CC(C)c1cccc(CO[Si](c2ccccc2)(c2ccccc2)C(C)(C)C)c1NC(=O)C1(Cl)N=C(Cl)C(F)=CC1C(N)=O. The number of dihydropyridines is 1. The summed E-state index contributed by atoms with van der Waals surface area (Å²) in [7, 11) is -2.92. The molecule has 0 saturated heterocycles. The van der Waals surface area contributed by atoms with Crippen molar-refractivity contribution in [1.29, 1.82) is 0 Å². The van der Waals surface area contributed by atoms with Gasteiger partial charge >= 0.3 is 0 Å². The van der Waals surface area contributed by atoms with Crippen LogP contribution in [0.1, 0.15) is 51.7 Å². The Morgan fingerprint density at radius 3 is 2.07 bits per heavy atom. The highest BCUT2D eigenvalue weighted by atomic mass is 35.5. The Morgan fingerprint density at radius 2 is 1.58 bits per heavy atom. The maximum absolute atomic E-state index is 14.2. The lowest BCUT2D eigenvalue weighted by molar-refractivity contribution is -0.127. The zero-order valence-electron chi connectivity index (χ0n) is 24.8. The quantitative estimate of drug-likeness (QED) is 0.162. The number of allylic oxidation sites excluding steroid dienone is 1. The number of nitrogens with one attached hydrogen (secondary N) is 1. The van der Waals surface area contributed by atoms with Crippen LogP contribution in [0, 0.1) is 5.92 Å². The van der Waals surface area contributed by atoms with Crippen LogP contribution in [0.3, 0.4) is 0 Å². The molecule has 3 N–H and O–H groups in total. The molecule has 2 amide bonds. The van der Waals surface area contributed by atoms with Gasteiger partial charge < -0.3 is 15.5 Å². The van der Waals surface area contributed by atoms with E-state index in [9.17, 15) is 14.0 Å². The number of aliphatic imine (C=N–C) groups is 1. The minimum atomic E-state index is -2.92. The molecule has 43 heavy (non-hydrogen) atoms. The summed E-state index contributed by atoms with van der Waals surface area (Å²) in [5.41, 5.74) is 7.50. The van der Waals surface area contributed by atoms with Crippen LogP contribution in [0.4, 0.5) is 10.1 Å². The molecule has 1 heterocycles. The van der Waals surface area contributed by atoms with Gasteiger partial charge in [-0.1, -0.05) is 137 Å². The van der Waals surface area contributed by atoms with Crippen LogP contribution in [0.25, 0.3) is 0 Å². The number of hydrogen-bond donors (Lipinski definition) is 2. The largest absolute Gasteiger partial charge is 0.403 e. The van der Waals surface area contributed by atoms with Gasteiger partial charge in [0.1, 0.15) is 5.92 Å². The monoisotopic (exact) mass is 639 g/mol. The third kappa shape index (κ3) is 6.34. The number of hydrogen-bond acceptors (Lipinski definition) is 4. The molecular formula is C33H36Cl2FN3O3Si. The summed E-state index contributed by atoms with van der Waals surface area (Å²) in [4.78, 5) is 27.6. The van der Waals surface area contributed by atoms with Crippen LogP contribution >= 0.6 is 23.2 Å². The first-order chi connectivity index (χ1) is 20.2. The highest BCUT2D eigenvalue weighted by Crippen LogP contribution is 2.40. The summed E-state index contributed by atoms with van der Waals surface area (Å²) >= 11 is 12.5. The predicted octanol–water partition coefficient (Wildman–Crippen LogP) is 6.37. The van der Waals surface area contributed by atoms with Gasteiger partial charge in [-0.3, -0.25) is 9.59 Å². The van der Waals surface area contributed by atoms with Crippen molar-refractivity contribution in [2.75, 3.05) is 5.32 Å². The number of nitrogens with zero attached hydrogens (tertiary/aromatic N) is 1. The fourth-order valence-electron chi connectivity index (χ4n) is 5.58. The van der Waals surface area contributed by atoms with Crippen LogP contribution in [0.15, 0.2) is 95.8 Å². The second kappa shape index (κ2) is 12.7. The number of benzene rings is 3. The van der Waals surface area contributed by atoms with Gasteiger partial charge in [0, 0.05) is 11.3 Å². The highest BCUT2D eigenvalue weighted by Gasteiger charge is 2.51. The summed E-state index contributed by atoms with van der Waals surface area (Å²) in [6.07, 6.45) is 0.825. The van der Waals surface area contributed by atoms with Crippen LogP contribution in [-0.4, -0.2) is 30.3 Å². The van der Waals surface area contributed by atoms with E-state index in [1.807, 2.05) is 68.4 Å². The van der Waals surface area contributed by atoms with E-state index in [0.29, 0.717) is 11.3 Å². The van der Waals surface area contributed by atoms with Crippen molar-refractivity contribution in [3.8, 4) is 0 Å². The Bertz CT molecular complexity index is 1520. The van der Waals surface area contributed by atoms with Crippen LogP contribution < -0.4 is 21.4 Å². The molecule has 10 heteroatoms. The number of para-hydroxylation sites is 1. The fourth-order valence-corrected chi connectivity index (χ4v) is 10.6. The average Bonchev–Trinajstić information content (AvgIpc) is 2.96. The minimum Gasteiger partial charge on any atom is -0.403 e. The molecule has 226 valence electrons. The molecule has 0 aromatic heterocycles. The van der Waals surface area contributed by atoms with Crippen molar-refractivity contribution in [2.24, 2.45) is 16.6 Å². The van der Waals surface area contributed by atoms with E-state index >= 15 is 0 Å². The standard InChI is InChI=1S/C33H36Cl2FN3O3Si/c1-21(2)25-18-12-13-22(28(25)38-31(41)33(35)26(30(37)40)19-27(36)29(34)39-33)20-42-43(32(3,4)5,23-14-8-6-9-15-23)24-16-10-7-11-17-24/h6-19,21,26H,20H2,1-5H3,(H2,37,40)(H,38,41). The first-order valence-corrected chi connectivity index (χ1v) is 16.7. The number of primary amides is 1. The number of carbonyl (C=O) groups excluding carboxylic acids is 2. The third-order valence-electron chi connectivity index (χ3n) is 7.71. The van der Waals surface area contributed by atoms with Gasteiger partial charge in [-0.2, -0.15) is 0 Å². The predicted molar refractivity (Wildman–Crippen MR) is 175 cm³/mol. The normalized spacial score (nSPS) is 19.0. The second-order valence-corrected chi connectivity index (χ2v) is 17.2. The molecule has 0 bridgehead atoms. The lowest BCUT2D eigenvalue weighted by Crippen LogP contribution is -2.66. The maximum Gasteiger partial charge on any atom is 0.268 e. The molecule has 3 aromatic carbocycles. The second-order valence-electron chi connectivity index (χ2n) is 11.9. The van der Waals surface area contributed by atoms with Gasteiger partial charge in [-0.05, 0) is 33.0 Å². The summed E-state index contributed by atoms with van der Waals surface area (Å²) in [6.45, 7) is 10.7. The van der Waals surface area contributed by atoms with Gasteiger partial charge in [0.25, 0.3) is 14.2 Å². The summed E-state index contributed by atoms with van der Waals surface area (Å²) in [6, 6.07) is 26.1. The van der Waals surface area contributed by atoms with E-state index in [1.165, 1.54) is 0 Å². The third-order valence-corrected chi connectivity index (χ3v) is 13.5. The molecule has 0 radical (unpaired) electrons. The van der Waals surface area contributed by atoms with E-state index in [0.717, 1.165) is 22.0 Å². The Morgan fingerprint density at radius 1 is 1.02 bits per heavy atom. The van der Waals surface area contributed by atoms with Gasteiger partial charge in [0.15, 0.2) is 11.0 Å². The molecular weight excluding hydrogens is 604 g/mol. The molecule has 2 atom stereocenters. The number of carbonyl (C=O) groups is 2. The minimum absolute atomic E-state index is 0.00267. The van der Waals surface area contributed by atoms with Crippen molar-refractivity contribution in [3.63, 3.8) is 0 Å². The van der Waals surface area contributed by atoms with Crippen molar-refractivity contribution in [3.05, 3.63) is 102 Å². The van der Waals surface area contributed by atoms with Crippen LogP contribution in [-0.2, 0) is 20.6 Å². The Hall–Kier alpha value is -3.30. The van der Waals surface area contributed by atoms with E-state index in [4.69, 9.17) is 33.4 Å². The first kappa shape index (κ1) is 32.6. The molecule has 1 aliphatic rings. The van der Waals surface area contributed by atoms with Crippen LogP contribution in [0.2, 0.25) is 5.04 Å². The molecule has 0 aliphatic carbocycles. The molecule has 2 unspecified atom stereocenters. The molecule has 3 aromatic rings. The van der Waals surface area contributed by atoms with Crippen molar-refractivity contribution in [2.45, 2.75) is 57.2 Å². The topological polar surface area (TPSA) is 93.8 Å². The van der Waals surface area contributed by atoms with Crippen molar-refractivity contribution < 1.29 is 18.4 Å². The molecule has 0 saturated carbocycles. The van der Waals surface area contributed by atoms with E-state index in [2.05, 4.69) is 55.3 Å². The Balaban J connectivity index is 1.80. The Labute approximate surface area is 263 Å². The van der Waals surface area contributed by atoms with Gasteiger partial charge in [0.2, 0.25) is 10.9 Å². The van der Waals surface area contributed by atoms with E-state index < -0.39 is 42.0 Å². The number of anilines is 1. The molecule has 0 fully saturated rings. The number of nitrogens with two attached hydrogens (primary N) is 1. The summed E-state index contributed by atoms with van der Waals surface area (Å²) in [5.74, 6) is -4.41. The molecule has 1 aliphatic heterocycles. The zero-order chi connectivity index (χ0) is 31.6. The molecule has 6 nitrogen and oxygen atoms in total. The number of alkyl halides is 1. The van der Waals surface area contributed by atoms with Crippen LogP contribution in [0.5, 0.6) is 0 Å². The van der Waals surface area contributed by atoms with E-state index in [1.54, 1.807) is 0 Å². The average molecular weight is 641 g/mol. The van der Waals surface area contributed by atoms with Gasteiger partial charge in [0.05, 0.1) is 6.61 Å². The lowest BCUT2D eigenvalue weighted by Gasteiger charge is -2.43. The number of rotatable bonds is 9. The van der Waals surface area contributed by atoms with Crippen molar-refractivity contribution >= 4 is 64.6 Å². The van der Waals surface area contributed by atoms with Gasteiger partial charge in [-0.15, -0.1) is 0 Å². The maximum atomic E-state index is 14.2.